The molecule has 0 spiro atoms. The van der Waals surface area contributed by atoms with E-state index in [-0.39, 0.29) is 18.5 Å². The number of allylic oxidation sites excluding steroid dienone is 3. The molecule has 0 saturated carbocycles. The van der Waals surface area contributed by atoms with E-state index < -0.39 is 0 Å². The van der Waals surface area contributed by atoms with Gasteiger partial charge in [-0.1, -0.05) is 30.4 Å². The molecule has 0 fully saturated rings. The van der Waals surface area contributed by atoms with Crippen LogP contribution in [0, 0.1) is 0 Å². The average molecular weight is 356 g/mol. The number of thioether (sulfide) groups is 1. The van der Waals surface area contributed by atoms with Gasteiger partial charge in [-0.25, -0.2) is 0 Å². The Morgan fingerprint density at radius 2 is 2.00 bits per heavy atom. The maximum atomic E-state index is 6.19. The Labute approximate surface area is 153 Å². The highest BCUT2D eigenvalue weighted by molar-refractivity contribution is 7.98. The minimum absolute atomic E-state index is 0.0316. The molecule has 0 saturated heterocycles. The molecule has 1 aliphatic heterocycles. The molecule has 3 atom stereocenters. The summed E-state index contributed by atoms with van der Waals surface area (Å²) >= 11 is 1.74. The Bertz CT molecular complexity index is 705. The Morgan fingerprint density at radius 3 is 2.68 bits per heavy atom. The van der Waals surface area contributed by atoms with Gasteiger partial charge in [0.05, 0.1) is 6.17 Å². The van der Waals surface area contributed by atoms with E-state index in [9.17, 15) is 0 Å². The molecule has 25 heavy (non-hydrogen) atoms. The van der Waals surface area contributed by atoms with Gasteiger partial charge in [-0.2, -0.15) is 0 Å². The van der Waals surface area contributed by atoms with Crippen LogP contribution < -0.4 is 27.4 Å². The molecule has 0 radical (unpaired) electrons. The lowest BCUT2D eigenvalue weighted by Crippen LogP contribution is -2.58. The molecule has 3 unspecified atom stereocenters. The van der Waals surface area contributed by atoms with Crippen molar-refractivity contribution in [3.8, 4) is 0 Å². The molecule has 1 aromatic carbocycles. The predicted octanol–water partition coefficient (Wildman–Crippen LogP) is 1.83. The highest BCUT2D eigenvalue weighted by atomic mass is 32.2. The maximum Gasteiger partial charge on any atom is 0.111 e. The van der Waals surface area contributed by atoms with Crippen LogP contribution in [0.15, 0.2) is 71.3 Å². The van der Waals surface area contributed by atoms with Gasteiger partial charge in [0.2, 0.25) is 0 Å². The molecular formula is C19H25N5S. The van der Waals surface area contributed by atoms with Crippen molar-refractivity contribution >= 4 is 17.5 Å². The molecule has 0 aromatic heterocycles. The van der Waals surface area contributed by atoms with Gasteiger partial charge < -0.3 is 16.8 Å². The highest BCUT2D eigenvalue weighted by Gasteiger charge is 2.16. The first-order chi connectivity index (χ1) is 12.1. The lowest BCUT2D eigenvalue weighted by molar-refractivity contribution is 0.371. The zero-order valence-corrected chi connectivity index (χ0v) is 15.1. The number of dihydropyridines is 1. The van der Waals surface area contributed by atoms with Crippen LogP contribution in [0.3, 0.4) is 0 Å². The summed E-state index contributed by atoms with van der Waals surface area (Å²) in [6.45, 7) is 0. The topological polar surface area (TPSA) is 88.1 Å². The number of rotatable bonds is 6. The van der Waals surface area contributed by atoms with Gasteiger partial charge in [0.15, 0.2) is 0 Å². The molecular weight excluding hydrogens is 330 g/mol. The summed E-state index contributed by atoms with van der Waals surface area (Å²) in [4.78, 5) is 1.26. The van der Waals surface area contributed by atoms with Crippen molar-refractivity contribution in [2.24, 2.45) is 11.5 Å². The summed E-state index contributed by atoms with van der Waals surface area (Å²) in [5, 5.41) is 10.1. The van der Waals surface area contributed by atoms with Crippen LogP contribution in [-0.4, -0.2) is 24.8 Å². The number of nitrogens with one attached hydrogen (secondary N) is 3. The largest absolute Gasteiger partial charge is 0.399 e. The number of hydrogen-bond donors (Lipinski definition) is 5. The van der Waals surface area contributed by atoms with Crippen LogP contribution in [0.1, 0.15) is 12.0 Å². The number of hydrogen-bond acceptors (Lipinski definition) is 6. The van der Waals surface area contributed by atoms with Crippen LogP contribution >= 0.6 is 11.8 Å². The number of benzene rings is 1. The van der Waals surface area contributed by atoms with Gasteiger partial charge >= 0.3 is 0 Å². The second-order valence-electron chi connectivity index (χ2n) is 6.03. The lowest BCUT2D eigenvalue weighted by Gasteiger charge is -2.29. The maximum absolute atomic E-state index is 6.19. The van der Waals surface area contributed by atoms with E-state index in [2.05, 4.69) is 58.6 Å². The first kappa shape index (κ1) is 17.8. The van der Waals surface area contributed by atoms with Gasteiger partial charge in [-0.05, 0) is 48.6 Å². The predicted molar refractivity (Wildman–Crippen MR) is 106 cm³/mol. The Balaban J connectivity index is 1.53. The third-order valence-corrected chi connectivity index (χ3v) is 4.90. The Hall–Kier alpha value is -1.99. The van der Waals surface area contributed by atoms with Crippen molar-refractivity contribution in [1.29, 1.82) is 0 Å². The second kappa shape index (κ2) is 8.40. The summed E-state index contributed by atoms with van der Waals surface area (Å²) in [6, 6.07) is 8.71. The van der Waals surface area contributed by atoms with E-state index in [0.29, 0.717) is 0 Å². The van der Waals surface area contributed by atoms with E-state index in [1.54, 1.807) is 11.8 Å². The normalized spacial score (nSPS) is 23.6. The van der Waals surface area contributed by atoms with E-state index in [1.807, 2.05) is 24.3 Å². The summed E-state index contributed by atoms with van der Waals surface area (Å²) in [5.41, 5.74) is 15.0. The van der Waals surface area contributed by atoms with Crippen molar-refractivity contribution in [3.05, 3.63) is 72.0 Å². The highest BCUT2D eigenvalue weighted by Crippen LogP contribution is 2.20. The third-order valence-electron chi connectivity index (χ3n) is 4.16. The smallest absolute Gasteiger partial charge is 0.111 e. The van der Waals surface area contributed by atoms with Crippen molar-refractivity contribution in [2.75, 3.05) is 6.26 Å². The minimum Gasteiger partial charge on any atom is -0.399 e. The second-order valence-corrected chi connectivity index (χ2v) is 6.91. The first-order valence-electron chi connectivity index (χ1n) is 8.35. The van der Waals surface area contributed by atoms with Crippen molar-refractivity contribution in [2.45, 2.75) is 29.8 Å². The molecule has 0 bridgehead atoms. The minimum atomic E-state index is -0.331. The SMILES string of the molecule is CSc1ccc(C2=CC=CC(NC(N)NC3C=CC(N)=CC3)N2)cc1. The van der Waals surface area contributed by atoms with Crippen LogP contribution in [-0.2, 0) is 0 Å². The third kappa shape index (κ3) is 4.99. The lowest BCUT2D eigenvalue weighted by atomic mass is 10.1. The quantitative estimate of drug-likeness (QED) is 0.395. The monoisotopic (exact) mass is 355 g/mol. The molecule has 0 amide bonds. The molecule has 2 aliphatic rings. The molecule has 1 heterocycles. The molecule has 1 aliphatic carbocycles. The first-order valence-corrected chi connectivity index (χ1v) is 9.57. The zero-order chi connectivity index (χ0) is 17.6. The van der Waals surface area contributed by atoms with Gasteiger partial charge in [-0.15, -0.1) is 11.8 Å². The van der Waals surface area contributed by atoms with E-state index >= 15 is 0 Å². The average Bonchev–Trinajstić information content (AvgIpc) is 2.64. The van der Waals surface area contributed by atoms with Crippen LogP contribution in [0.5, 0.6) is 0 Å². The van der Waals surface area contributed by atoms with Gasteiger partial charge in [-0.3, -0.25) is 10.6 Å². The number of nitrogens with two attached hydrogens (primary N) is 2. The fourth-order valence-corrected chi connectivity index (χ4v) is 3.21. The molecule has 5 nitrogen and oxygen atoms in total. The van der Waals surface area contributed by atoms with Crippen LogP contribution in [0.25, 0.3) is 5.70 Å². The van der Waals surface area contributed by atoms with E-state index in [1.165, 1.54) is 4.90 Å². The van der Waals surface area contributed by atoms with Gasteiger partial charge in [0.25, 0.3) is 0 Å². The van der Waals surface area contributed by atoms with Gasteiger partial charge in [0, 0.05) is 22.3 Å². The van der Waals surface area contributed by atoms with Crippen LogP contribution in [0.4, 0.5) is 0 Å². The van der Waals surface area contributed by atoms with Gasteiger partial charge in [0.1, 0.15) is 6.29 Å². The molecule has 7 N–H and O–H groups in total. The fraction of sp³-hybridized carbons (Fsp3) is 0.263. The summed E-state index contributed by atoms with van der Waals surface area (Å²) < 4.78 is 0. The molecule has 132 valence electrons. The molecule has 1 aromatic rings. The fourth-order valence-electron chi connectivity index (χ4n) is 2.81. The summed E-state index contributed by atoms with van der Waals surface area (Å²) in [5.74, 6) is 0. The van der Waals surface area contributed by atoms with Crippen molar-refractivity contribution in [1.82, 2.24) is 16.0 Å². The molecule has 6 heteroatoms. The van der Waals surface area contributed by atoms with Crippen LogP contribution in [0.2, 0.25) is 0 Å². The summed E-state index contributed by atoms with van der Waals surface area (Å²) in [6.07, 6.45) is 14.7. The Morgan fingerprint density at radius 1 is 1.20 bits per heavy atom. The zero-order valence-electron chi connectivity index (χ0n) is 14.3. The van der Waals surface area contributed by atoms with E-state index in [0.717, 1.165) is 23.4 Å². The van der Waals surface area contributed by atoms with Crippen molar-refractivity contribution < 1.29 is 0 Å². The standard InChI is InChI=1S/C19H25N5S/c1-25-16-11-5-13(6-12-16)17-3-2-4-18(23-17)24-19(21)22-15-9-7-14(20)8-10-15/h2-9,11-12,15,18-19,22-24H,10,20-21H2,1H3. The van der Waals surface area contributed by atoms with E-state index in [4.69, 9.17) is 11.5 Å². The molecule has 3 rings (SSSR count). The Kier molecular flexibility index (Phi) is 5.99. The van der Waals surface area contributed by atoms with Crippen molar-refractivity contribution in [3.63, 3.8) is 0 Å². The summed E-state index contributed by atoms with van der Waals surface area (Å²) in [7, 11) is 0.